The van der Waals surface area contributed by atoms with Crippen molar-refractivity contribution < 1.29 is 19.8 Å². The number of aliphatic carboxylic acids is 2. The number of carboxylic acid groups (broad SMARTS) is 2. The van der Waals surface area contributed by atoms with Gasteiger partial charge in [-0.25, -0.2) is 9.59 Å². The molecule has 0 saturated heterocycles. The highest BCUT2D eigenvalue weighted by molar-refractivity contribution is 6.13. The van der Waals surface area contributed by atoms with Crippen LogP contribution in [0.2, 0.25) is 0 Å². The number of benzene rings is 2. The molecule has 0 aliphatic carbocycles. The standard InChI is InChI=1S/C26H24N2O4/c1-15-19(17-9-5-7-11-23(17)27(15)3)13-21(25(29)30)22(26(31)32)14-20-16(2)28(4)24-12-8-6-10-18(20)24/h5-14H,1-4H3,(H,29,30)(H,31,32). The number of aromatic nitrogens is 2. The summed E-state index contributed by atoms with van der Waals surface area (Å²) in [5.74, 6) is -2.58. The van der Waals surface area contributed by atoms with Crippen molar-refractivity contribution in [1.29, 1.82) is 0 Å². The summed E-state index contributed by atoms with van der Waals surface area (Å²) in [6, 6.07) is 15.3. The third-order valence-corrected chi connectivity index (χ3v) is 6.23. The maximum atomic E-state index is 12.3. The number of fused-ring (bicyclic) bond motifs is 2. The van der Waals surface area contributed by atoms with Crippen LogP contribution in [0.25, 0.3) is 34.0 Å². The number of hydrogen-bond acceptors (Lipinski definition) is 2. The zero-order valence-corrected chi connectivity index (χ0v) is 18.4. The molecule has 2 aromatic carbocycles. The van der Waals surface area contributed by atoms with E-state index in [4.69, 9.17) is 0 Å². The molecule has 162 valence electrons. The molecule has 0 saturated carbocycles. The molecule has 0 radical (unpaired) electrons. The minimum Gasteiger partial charge on any atom is -0.478 e. The van der Waals surface area contributed by atoms with Crippen LogP contribution in [-0.2, 0) is 23.7 Å². The van der Waals surface area contributed by atoms with E-state index < -0.39 is 11.9 Å². The summed E-state index contributed by atoms with van der Waals surface area (Å²) >= 11 is 0. The van der Waals surface area contributed by atoms with E-state index in [1.165, 1.54) is 12.2 Å². The average Bonchev–Trinajstić information content (AvgIpc) is 3.16. The summed E-state index contributed by atoms with van der Waals surface area (Å²) < 4.78 is 3.94. The second-order valence-electron chi connectivity index (χ2n) is 7.88. The van der Waals surface area contributed by atoms with E-state index >= 15 is 0 Å². The summed E-state index contributed by atoms with van der Waals surface area (Å²) in [7, 11) is 3.81. The number of hydrogen-bond donors (Lipinski definition) is 2. The Bertz CT molecular complexity index is 1350. The van der Waals surface area contributed by atoms with Crippen LogP contribution in [0.3, 0.4) is 0 Å². The fourth-order valence-corrected chi connectivity index (χ4v) is 4.26. The third kappa shape index (κ3) is 3.30. The molecule has 0 unspecified atom stereocenters. The van der Waals surface area contributed by atoms with Crippen molar-refractivity contribution >= 4 is 45.9 Å². The molecule has 2 N–H and O–H groups in total. The molecule has 0 atom stereocenters. The zero-order chi connectivity index (χ0) is 23.2. The van der Waals surface area contributed by atoms with Crippen LogP contribution in [0.5, 0.6) is 0 Å². The fraction of sp³-hybridized carbons (Fsp3) is 0.154. The van der Waals surface area contributed by atoms with Crippen molar-refractivity contribution in [1.82, 2.24) is 9.13 Å². The predicted octanol–water partition coefficient (Wildman–Crippen LogP) is 4.92. The second-order valence-corrected chi connectivity index (χ2v) is 7.88. The highest BCUT2D eigenvalue weighted by Gasteiger charge is 2.23. The quantitative estimate of drug-likeness (QED) is 0.349. The van der Waals surface area contributed by atoms with Crippen molar-refractivity contribution in [3.63, 3.8) is 0 Å². The molecule has 4 rings (SSSR count). The first-order valence-corrected chi connectivity index (χ1v) is 10.2. The Morgan fingerprint density at radius 2 is 1.03 bits per heavy atom. The lowest BCUT2D eigenvalue weighted by atomic mass is 9.98. The zero-order valence-electron chi connectivity index (χ0n) is 18.4. The van der Waals surface area contributed by atoms with Crippen LogP contribution in [0.1, 0.15) is 22.5 Å². The number of carboxylic acids is 2. The molecule has 0 amide bonds. The highest BCUT2D eigenvalue weighted by Crippen LogP contribution is 2.31. The third-order valence-electron chi connectivity index (χ3n) is 6.23. The molecule has 2 aromatic heterocycles. The van der Waals surface area contributed by atoms with Crippen LogP contribution in [0.4, 0.5) is 0 Å². The Balaban J connectivity index is 2.00. The van der Waals surface area contributed by atoms with Gasteiger partial charge in [0.1, 0.15) is 0 Å². The van der Waals surface area contributed by atoms with Gasteiger partial charge in [0.2, 0.25) is 0 Å². The predicted molar refractivity (Wildman–Crippen MR) is 127 cm³/mol. The molecule has 0 spiro atoms. The highest BCUT2D eigenvalue weighted by atomic mass is 16.4. The number of nitrogens with zero attached hydrogens (tertiary/aromatic N) is 2. The van der Waals surface area contributed by atoms with Crippen LogP contribution < -0.4 is 0 Å². The van der Waals surface area contributed by atoms with E-state index in [-0.39, 0.29) is 11.1 Å². The molecule has 2 heterocycles. The van der Waals surface area contributed by atoms with Gasteiger partial charge in [0, 0.05) is 58.4 Å². The van der Waals surface area contributed by atoms with E-state index in [1.54, 1.807) is 0 Å². The molecule has 0 fully saturated rings. The molecule has 4 aromatic rings. The van der Waals surface area contributed by atoms with E-state index in [9.17, 15) is 19.8 Å². The Morgan fingerprint density at radius 1 is 0.688 bits per heavy atom. The molecule has 32 heavy (non-hydrogen) atoms. The van der Waals surface area contributed by atoms with Gasteiger partial charge >= 0.3 is 11.9 Å². The van der Waals surface area contributed by atoms with Gasteiger partial charge in [0.15, 0.2) is 0 Å². The summed E-state index contributed by atoms with van der Waals surface area (Å²) in [6.45, 7) is 3.79. The van der Waals surface area contributed by atoms with E-state index in [0.29, 0.717) is 11.1 Å². The minimum absolute atomic E-state index is 0.260. The normalized spacial score (nSPS) is 12.6. The summed E-state index contributed by atoms with van der Waals surface area (Å²) in [4.78, 5) is 24.5. The molecule has 6 nitrogen and oxygen atoms in total. The van der Waals surface area contributed by atoms with E-state index in [1.807, 2.05) is 85.6 Å². The van der Waals surface area contributed by atoms with Gasteiger partial charge in [-0.3, -0.25) is 0 Å². The summed E-state index contributed by atoms with van der Waals surface area (Å²) in [5.41, 5.74) is 4.49. The Hall–Kier alpha value is -4.06. The number of para-hydroxylation sites is 2. The molecular weight excluding hydrogens is 404 g/mol. The van der Waals surface area contributed by atoms with Gasteiger partial charge in [-0.1, -0.05) is 36.4 Å². The van der Waals surface area contributed by atoms with Gasteiger partial charge in [0.25, 0.3) is 0 Å². The van der Waals surface area contributed by atoms with E-state index in [0.717, 1.165) is 33.2 Å². The van der Waals surface area contributed by atoms with Gasteiger partial charge in [-0.15, -0.1) is 0 Å². The molecule has 0 aliphatic heterocycles. The van der Waals surface area contributed by atoms with Gasteiger partial charge in [-0.05, 0) is 38.1 Å². The first-order chi connectivity index (χ1) is 15.2. The lowest BCUT2D eigenvalue weighted by molar-refractivity contribution is -0.136. The van der Waals surface area contributed by atoms with Gasteiger partial charge in [-0.2, -0.15) is 0 Å². The average molecular weight is 428 g/mol. The van der Waals surface area contributed by atoms with Crippen molar-refractivity contribution in [3.05, 3.63) is 82.2 Å². The first kappa shape index (κ1) is 21.2. The summed E-state index contributed by atoms with van der Waals surface area (Å²) in [6.07, 6.45) is 2.95. The Kier molecular flexibility index (Phi) is 5.22. The van der Waals surface area contributed by atoms with Crippen molar-refractivity contribution in [3.8, 4) is 0 Å². The maximum Gasteiger partial charge on any atom is 0.336 e. The molecule has 0 aliphatic rings. The van der Waals surface area contributed by atoms with Crippen LogP contribution in [-0.4, -0.2) is 31.3 Å². The largest absolute Gasteiger partial charge is 0.478 e. The first-order valence-electron chi connectivity index (χ1n) is 10.2. The number of aryl methyl sites for hydroxylation is 2. The Morgan fingerprint density at radius 3 is 1.38 bits per heavy atom. The van der Waals surface area contributed by atoms with E-state index in [2.05, 4.69) is 0 Å². The fourth-order valence-electron chi connectivity index (χ4n) is 4.26. The van der Waals surface area contributed by atoms with Gasteiger partial charge < -0.3 is 19.3 Å². The topological polar surface area (TPSA) is 84.5 Å². The van der Waals surface area contributed by atoms with Crippen molar-refractivity contribution in [2.45, 2.75) is 13.8 Å². The SMILES string of the molecule is Cc1c(C=C(C(=O)O)C(=Cc2c(C)n(C)c3ccccc23)C(=O)O)c2ccccc2n1C. The smallest absolute Gasteiger partial charge is 0.336 e. The molecule has 6 heteroatoms. The summed E-state index contributed by atoms with van der Waals surface area (Å²) in [5, 5.41) is 21.8. The van der Waals surface area contributed by atoms with Crippen LogP contribution >= 0.6 is 0 Å². The maximum absolute atomic E-state index is 12.3. The monoisotopic (exact) mass is 428 g/mol. The van der Waals surface area contributed by atoms with Crippen molar-refractivity contribution in [2.24, 2.45) is 14.1 Å². The lowest BCUT2D eigenvalue weighted by Crippen LogP contribution is -2.11. The van der Waals surface area contributed by atoms with Crippen LogP contribution in [0, 0.1) is 13.8 Å². The number of carbonyl (C=O) groups is 2. The molecule has 0 bridgehead atoms. The second kappa shape index (κ2) is 7.89. The number of rotatable bonds is 5. The van der Waals surface area contributed by atoms with Crippen LogP contribution in [0.15, 0.2) is 59.7 Å². The Labute approximate surface area is 185 Å². The van der Waals surface area contributed by atoms with Crippen molar-refractivity contribution in [2.75, 3.05) is 0 Å². The minimum atomic E-state index is -1.29. The van der Waals surface area contributed by atoms with Gasteiger partial charge in [0.05, 0.1) is 11.1 Å². The molecular formula is C26H24N2O4. The lowest BCUT2D eigenvalue weighted by Gasteiger charge is -2.06.